The summed E-state index contributed by atoms with van der Waals surface area (Å²) in [6, 6.07) is 12.1. The summed E-state index contributed by atoms with van der Waals surface area (Å²) in [6.07, 6.45) is 7.47. The number of aliphatic hydroxyl groups excluding tert-OH is 1. The van der Waals surface area contributed by atoms with Crippen LogP contribution in [0.5, 0.6) is 5.75 Å². The molecule has 1 spiro atoms. The summed E-state index contributed by atoms with van der Waals surface area (Å²) in [5.41, 5.74) is 3.04. The largest absolute Gasteiger partial charge is 0.495 e. The highest BCUT2D eigenvalue weighted by Crippen LogP contribution is 2.48. The monoisotopic (exact) mass is 504 g/mol. The zero-order valence-corrected chi connectivity index (χ0v) is 20.9. The summed E-state index contributed by atoms with van der Waals surface area (Å²) in [5, 5.41) is 15.0. The van der Waals surface area contributed by atoms with Gasteiger partial charge in [0.05, 0.1) is 31.4 Å². The van der Waals surface area contributed by atoms with Gasteiger partial charge in [-0.3, -0.25) is 0 Å². The molecule has 2 atom stereocenters. The van der Waals surface area contributed by atoms with E-state index in [1.807, 2.05) is 40.8 Å². The van der Waals surface area contributed by atoms with Gasteiger partial charge >= 0.3 is 0 Å². The van der Waals surface area contributed by atoms with Crippen molar-refractivity contribution in [2.24, 2.45) is 10.6 Å². The van der Waals surface area contributed by atoms with Gasteiger partial charge in [0.2, 0.25) is 0 Å². The van der Waals surface area contributed by atoms with Crippen LogP contribution in [-0.2, 0) is 15.3 Å². The molecule has 37 heavy (non-hydrogen) atoms. The molecule has 3 aliphatic rings. The minimum absolute atomic E-state index is 0.142. The van der Waals surface area contributed by atoms with E-state index in [1.165, 1.54) is 12.1 Å². The molecule has 1 N–H and O–H groups in total. The van der Waals surface area contributed by atoms with Crippen molar-refractivity contribution in [3.63, 3.8) is 0 Å². The fourth-order valence-electron chi connectivity index (χ4n) is 5.60. The molecule has 0 saturated carbocycles. The molecule has 192 valence electrons. The van der Waals surface area contributed by atoms with Gasteiger partial charge in [0.25, 0.3) is 5.72 Å². The number of piperidine rings is 1. The van der Waals surface area contributed by atoms with Crippen molar-refractivity contribution in [1.82, 2.24) is 14.5 Å². The number of aliphatic hydroxyl groups is 1. The Morgan fingerprint density at radius 2 is 2.05 bits per heavy atom. The Balaban J connectivity index is 1.40. The Labute approximate surface area is 214 Å². The number of rotatable bonds is 5. The van der Waals surface area contributed by atoms with Crippen LogP contribution in [-0.4, -0.2) is 58.9 Å². The van der Waals surface area contributed by atoms with E-state index in [0.717, 1.165) is 41.1 Å². The molecule has 2 fully saturated rings. The van der Waals surface area contributed by atoms with E-state index >= 15 is 0 Å². The Morgan fingerprint density at radius 1 is 1.22 bits per heavy atom. The van der Waals surface area contributed by atoms with Gasteiger partial charge in [0.15, 0.2) is 5.84 Å². The van der Waals surface area contributed by atoms with Crippen molar-refractivity contribution >= 4 is 11.9 Å². The third-order valence-corrected chi connectivity index (χ3v) is 7.55. The Morgan fingerprint density at radius 3 is 2.73 bits per heavy atom. The smallest absolute Gasteiger partial charge is 0.260 e. The number of aromatic nitrogens is 2. The molecule has 0 amide bonds. The lowest BCUT2D eigenvalue weighted by Crippen LogP contribution is -2.56. The number of benzene rings is 2. The van der Waals surface area contributed by atoms with Crippen molar-refractivity contribution < 1.29 is 23.8 Å². The Hall–Kier alpha value is -3.69. The minimum Gasteiger partial charge on any atom is -0.495 e. The standard InChI is InChI=1S/C28H29FN4O4/c1-19-14-32(18-30-19)24-8-3-20(12-25(24)35-2)11-21-13-27(9-10-36-17-27)15-33-26(21)31-37-28(33,16-34)22-4-6-23(29)7-5-22/h3-8,11-12,14,18,34H,9-10,13,15-17H2,1-2H3/b21-11+. The number of halogens is 1. The van der Waals surface area contributed by atoms with Crippen LogP contribution in [0, 0.1) is 18.2 Å². The zero-order chi connectivity index (χ0) is 25.6. The maximum atomic E-state index is 13.7. The predicted octanol–water partition coefficient (Wildman–Crippen LogP) is 4.01. The third-order valence-electron chi connectivity index (χ3n) is 7.55. The van der Waals surface area contributed by atoms with Crippen LogP contribution in [0.2, 0.25) is 0 Å². The van der Waals surface area contributed by atoms with Gasteiger partial charge in [-0.1, -0.05) is 11.2 Å². The van der Waals surface area contributed by atoms with Crippen LogP contribution in [0.3, 0.4) is 0 Å². The average molecular weight is 505 g/mol. The van der Waals surface area contributed by atoms with Crippen molar-refractivity contribution in [1.29, 1.82) is 0 Å². The molecular weight excluding hydrogens is 475 g/mol. The average Bonchev–Trinajstić information content (AvgIpc) is 3.64. The lowest BCUT2D eigenvalue weighted by atomic mass is 9.75. The fraction of sp³-hybridized carbons (Fsp3) is 0.357. The van der Waals surface area contributed by atoms with Crippen molar-refractivity contribution in [2.45, 2.75) is 25.5 Å². The normalized spacial score (nSPS) is 25.9. The number of fused-ring (bicyclic) bond motifs is 1. The first kappa shape index (κ1) is 23.7. The highest BCUT2D eigenvalue weighted by molar-refractivity contribution is 6.04. The molecule has 2 unspecified atom stereocenters. The second kappa shape index (κ2) is 9.00. The molecule has 0 radical (unpaired) electrons. The number of hydrogen-bond acceptors (Lipinski definition) is 7. The number of nitrogens with zero attached hydrogens (tertiary/aromatic N) is 4. The number of imidazole rings is 1. The van der Waals surface area contributed by atoms with E-state index < -0.39 is 5.72 Å². The number of hydrogen-bond donors (Lipinski definition) is 1. The Kier molecular flexibility index (Phi) is 5.77. The van der Waals surface area contributed by atoms with Crippen LogP contribution in [0.15, 0.2) is 65.7 Å². The van der Waals surface area contributed by atoms with Gasteiger partial charge in [-0.05, 0) is 73.4 Å². The lowest BCUT2D eigenvalue weighted by Gasteiger charge is -2.45. The minimum atomic E-state index is -1.22. The molecule has 0 bridgehead atoms. The molecule has 4 heterocycles. The number of aryl methyl sites for hydroxylation is 1. The molecule has 1 aromatic heterocycles. The summed E-state index contributed by atoms with van der Waals surface area (Å²) < 4.78 is 27.2. The summed E-state index contributed by atoms with van der Waals surface area (Å²) in [4.78, 5) is 12.3. The number of methoxy groups -OCH3 is 1. The molecule has 8 nitrogen and oxygen atoms in total. The lowest BCUT2D eigenvalue weighted by molar-refractivity contribution is -0.146. The van der Waals surface area contributed by atoms with Crippen molar-refractivity contribution in [2.75, 3.05) is 33.5 Å². The maximum Gasteiger partial charge on any atom is 0.260 e. The summed E-state index contributed by atoms with van der Waals surface area (Å²) in [7, 11) is 1.65. The molecule has 9 heteroatoms. The quantitative estimate of drug-likeness (QED) is 0.566. The highest BCUT2D eigenvalue weighted by atomic mass is 19.1. The molecule has 2 saturated heterocycles. The molecule has 0 aliphatic carbocycles. The summed E-state index contributed by atoms with van der Waals surface area (Å²) in [5.74, 6) is 1.04. The number of amidine groups is 1. The van der Waals surface area contributed by atoms with Crippen LogP contribution in [0.25, 0.3) is 11.8 Å². The van der Waals surface area contributed by atoms with E-state index in [0.29, 0.717) is 31.2 Å². The van der Waals surface area contributed by atoms with Gasteiger partial charge in [-0.2, -0.15) is 0 Å². The van der Waals surface area contributed by atoms with Gasteiger partial charge in [-0.25, -0.2) is 9.37 Å². The van der Waals surface area contributed by atoms with Gasteiger partial charge in [0.1, 0.15) is 18.2 Å². The first-order valence-electron chi connectivity index (χ1n) is 12.3. The van der Waals surface area contributed by atoms with Crippen LogP contribution < -0.4 is 4.74 Å². The van der Waals surface area contributed by atoms with E-state index in [2.05, 4.69) is 16.2 Å². The van der Waals surface area contributed by atoms with E-state index in [9.17, 15) is 9.50 Å². The van der Waals surface area contributed by atoms with Crippen LogP contribution in [0.4, 0.5) is 4.39 Å². The summed E-state index contributed by atoms with van der Waals surface area (Å²) in [6.45, 7) is 3.53. The SMILES string of the molecule is COc1cc(/C=C2\CC3(CCOC3)CN3C2=NOC3(CO)c2ccc(F)cc2)ccc1-n1cnc(C)c1. The topological polar surface area (TPSA) is 81.3 Å². The third kappa shape index (κ3) is 3.98. The Bertz CT molecular complexity index is 1380. The van der Waals surface area contributed by atoms with Crippen LogP contribution in [0.1, 0.15) is 29.7 Å². The van der Waals surface area contributed by atoms with Gasteiger partial charge in [0, 0.05) is 30.3 Å². The number of oxime groups is 1. The second-order valence-corrected chi connectivity index (χ2v) is 10.0. The first-order valence-corrected chi connectivity index (χ1v) is 12.3. The zero-order valence-electron chi connectivity index (χ0n) is 20.9. The molecule has 3 aliphatic heterocycles. The molecular formula is C28H29FN4O4. The first-order chi connectivity index (χ1) is 17.9. The second-order valence-electron chi connectivity index (χ2n) is 10.0. The van der Waals surface area contributed by atoms with Crippen LogP contribution >= 0.6 is 0 Å². The van der Waals surface area contributed by atoms with E-state index in [-0.39, 0.29) is 17.8 Å². The van der Waals surface area contributed by atoms with E-state index in [1.54, 1.807) is 25.6 Å². The molecule has 2 aromatic carbocycles. The molecule has 3 aromatic rings. The van der Waals surface area contributed by atoms with Crippen molar-refractivity contribution in [3.05, 3.63) is 83.2 Å². The maximum absolute atomic E-state index is 13.7. The van der Waals surface area contributed by atoms with Crippen molar-refractivity contribution in [3.8, 4) is 11.4 Å². The summed E-state index contributed by atoms with van der Waals surface area (Å²) >= 11 is 0. The highest BCUT2D eigenvalue weighted by Gasteiger charge is 2.55. The van der Waals surface area contributed by atoms with Gasteiger partial charge < -0.3 is 28.9 Å². The molecule has 6 rings (SSSR count). The fourth-order valence-corrected chi connectivity index (χ4v) is 5.60. The van der Waals surface area contributed by atoms with Gasteiger partial charge in [-0.15, -0.1) is 0 Å². The number of ether oxygens (including phenoxy) is 2. The van der Waals surface area contributed by atoms with E-state index in [4.69, 9.17) is 14.3 Å². The predicted molar refractivity (Wildman–Crippen MR) is 136 cm³/mol.